The van der Waals surface area contributed by atoms with Crippen molar-refractivity contribution in [3.05, 3.63) is 11.5 Å². The number of aliphatic hydroxyl groups excluding tert-OH is 3. The van der Waals surface area contributed by atoms with E-state index >= 15 is 0 Å². The lowest BCUT2D eigenvalue weighted by Gasteiger charge is -2.12. The molecule has 0 aliphatic carbocycles. The normalized spacial score (nSPS) is 21.5. The molecule has 7 nitrogen and oxygen atoms in total. The molecule has 2 atom stereocenters. The smallest absolute Gasteiger partial charge is 0.378 e. The lowest BCUT2D eigenvalue weighted by atomic mass is 10.2. The van der Waals surface area contributed by atoms with Gasteiger partial charge in [-0.05, 0) is 0 Å². The second-order valence-electron chi connectivity index (χ2n) is 2.34. The molecule has 0 spiro atoms. The van der Waals surface area contributed by atoms with E-state index in [2.05, 4.69) is 4.74 Å². The number of hydrogen-bond donors (Lipinski definition) is 4. The van der Waals surface area contributed by atoms with Crippen LogP contribution in [0.3, 0.4) is 0 Å². The van der Waals surface area contributed by atoms with E-state index in [9.17, 15) is 9.59 Å². The molecule has 0 aromatic rings. The molecule has 0 saturated carbocycles. The van der Waals surface area contributed by atoms with Crippen LogP contribution < -0.4 is 0 Å². The summed E-state index contributed by atoms with van der Waals surface area (Å²) in [6.07, 6.45) is -3.82. The molecule has 0 aromatic heterocycles. The number of cyclic esters (lactones) is 1. The Balaban J connectivity index is 0.000000921. The number of aliphatic hydroxyl groups is 3. The average Bonchev–Trinajstić information content (AvgIpc) is 2.48. The Morgan fingerprint density at radius 2 is 1.87 bits per heavy atom. The van der Waals surface area contributed by atoms with Crippen molar-refractivity contribution in [1.82, 2.24) is 0 Å². The quantitative estimate of drug-likeness (QED) is 0.471. The van der Waals surface area contributed by atoms with E-state index in [0.29, 0.717) is 0 Å². The molecular formula is C8H12O7. The zero-order chi connectivity index (χ0) is 12.2. The van der Waals surface area contributed by atoms with Crippen molar-refractivity contribution in [2.45, 2.75) is 26.1 Å². The summed E-state index contributed by atoms with van der Waals surface area (Å²) in [4.78, 5) is 20.7. The van der Waals surface area contributed by atoms with Gasteiger partial charge in [-0.3, -0.25) is 0 Å². The molecule has 1 aliphatic heterocycles. The van der Waals surface area contributed by atoms with Crippen molar-refractivity contribution in [2.75, 3.05) is 0 Å². The molecule has 0 aromatic carbocycles. The van der Waals surface area contributed by atoms with Crippen LogP contribution in [0, 0.1) is 0 Å². The molecule has 1 aliphatic rings. The molecule has 1 heterocycles. The fraction of sp³-hybridized carbons (Fsp3) is 0.500. The molecule has 1 rings (SSSR count). The van der Waals surface area contributed by atoms with Crippen LogP contribution in [0.25, 0.3) is 0 Å². The zero-order valence-corrected chi connectivity index (χ0v) is 8.17. The van der Waals surface area contributed by atoms with Gasteiger partial charge in [-0.2, -0.15) is 0 Å². The largest absolute Gasteiger partial charge is 0.505 e. The topological polar surface area (TPSA) is 124 Å². The monoisotopic (exact) mass is 220 g/mol. The van der Waals surface area contributed by atoms with E-state index in [1.807, 2.05) is 13.8 Å². The Labute approximate surface area is 85.2 Å². The first-order chi connectivity index (χ1) is 6.95. The number of aliphatic carboxylic acids is 1. The Morgan fingerprint density at radius 3 is 2.13 bits per heavy atom. The Hall–Kier alpha value is -1.76. The number of rotatable bonds is 2. The molecule has 86 valence electrons. The first-order valence-electron chi connectivity index (χ1n) is 4.19. The number of carbonyl (C=O) groups is 2. The van der Waals surface area contributed by atoms with Crippen molar-refractivity contribution in [3.63, 3.8) is 0 Å². The van der Waals surface area contributed by atoms with E-state index in [4.69, 9.17) is 20.4 Å². The Bertz CT molecular complexity index is 293. The predicted octanol–water partition coefficient (Wildman–Crippen LogP) is -0.289. The lowest BCUT2D eigenvalue weighted by Crippen LogP contribution is -2.35. The van der Waals surface area contributed by atoms with Crippen LogP contribution in [0.1, 0.15) is 13.8 Å². The minimum Gasteiger partial charge on any atom is -0.505 e. The highest BCUT2D eigenvalue weighted by Crippen LogP contribution is 2.21. The van der Waals surface area contributed by atoms with Crippen LogP contribution in [0.15, 0.2) is 11.5 Å². The summed E-state index contributed by atoms with van der Waals surface area (Å²) >= 11 is 0. The van der Waals surface area contributed by atoms with Gasteiger partial charge >= 0.3 is 11.9 Å². The van der Waals surface area contributed by atoms with Gasteiger partial charge in [0.15, 0.2) is 18.0 Å². The minimum absolute atomic E-state index is 0.972. The van der Waals surface area contributed by atoms with Crippen LogP contribution in [-0.4, -0.2) is 44.6 Å². The van der Waals surface area contributed by atoms with Crippen molar-refractivity contribution >= 4 is 11.9 Å². The second-order valence-corrected chi connectivity index (χ2v) is 2.34. The first kappa shape index (κ1) is 13.2. The Morgan fingerprint density at radius 1 is 1.40 bits per heavy atom. The van der Waals surface area contributed by atoms with Crippen LogP contribution in [-0.2, 0) is 14.3 Å². The molecule has 0 fully saturated rings. The van der Waals surface area contributed by atoms with E-state index < -0.39 is 35.7 Å². The molecule has 0 saturated heterocycles. The van der Waals surface area contributed by atoms with Gasteiger partial charge in [0.1, 0.15) is 0 Å². The highest BCUT2D eigenvalue weighted by Gasteiger charge is 2.42. The number of ether oxygens (including phenoxy) is 1. The third-order valence-electron chi connectivity index (χ3n) is 1.48. The maximum Gasteiger partial charge on any atom is 0.378 e. The maximum atomic E-state index is 10.5. The predicted molar refractivity (Wildman–Crippen MR) is 47.2 cm³/mol. The average molecular weight is 220 g/mol. The molecule has 2 unspecified atom stereocenters. The number of carboxylic acid groups (broad SMARTS) is 1. The number of carbonyl (C=O) groups excluding carboxylic acids is 1. The molecule has 4 N–H and O–H groups in total. The van der Waals surface area contributed by atoms with Gasteiger partial charge in [-0.25, -0.2) is 9.59 Å². The SMILES string of the molecule is CC.O=C1OC(C(O)C(=O)O)C(O)=C1O. The number of hydrogen-bond acceptors (Lipinski definition) is 6. The summed E-state index contributed by atoms with van der Waals surface area (Å²) < 4.78 is 4.17. The van der Waals surface area contributed by atoms with Crippen LogP contribution in [0.5, 0.6) is 0 Å². The summed E-state index contributed by atoms with van der Waals surface area (Å²) in [5.74, 6) is -4.98. The zero-order valence-electron chi connectivity index (χ0n) is 8.17. The van der Waals surface area contributed by atoms with Crippen molar-refractivity contribution in [3.8, 4) is 0 Å². The molecule has 0 amide bonds. The summed E-state index contributed by atoms with van der Waals surface area (Å²) in [7, 11) is 0. The van der Waals surface area contributed by atoms with Gasteiger partial charge in [-0.1, -0.05) is 13.8 Å². The molecule has 0 radical (unpaired) electrons. The summed E-state index contributed by atoms with van der Waals surface area (Å²) in [5.41, 5.74) is 0. The van der Waals surface area contributed by atoms with Gasteiger partial charge in [0.2, 0.25) is 5.76 Å². The summed E-state index contributed by atoms with van der Waals surface area (Å²) in [5, 5.41) is 34.8. The molecular weight excluding hydrogens is 208 g/mol. The minimum atomic E-state index is -2.09. The van der Waals surface area contributed by atoms with E-state index in [0.717, 1.165) is 0 Å². The fourth-order valence-corrected chi connectivity index (χ4v) is 0.810. The first-order valence-corrected chi connectivity index (χ1v) is 4.19. The molecule has 7 heteroatoms. The van der Waals surface area contributed by atoms with Crippen LogP contribution in [0.2, 0.25) is 0 Å². The number of carboxylic acids is 1. The second kappa shape index (κ2) is 5.20. The van der Waals surface area contributed by atoms with Gasteiger partial charge in [0.25, 0.3) is 0 Å². The maximum absolute atomic E-state index is 10.5. The van der Waals surface area contributed by atoms with Gasteiger partial charge in [-0.15, -0.1) is 0 Å². The van der Waals surface area contributed by atoms with Crippen molar-refractivity contribution in [1.29, 1.82) is 0 Å². The van der Waals surface area contributed by atoms with E-state index in [1.54, 1.807) is 0 Å². The molecule has 0 bridgehead atoms. The Kier molecular flexibility index (Phi) is 4.59. The highest BCUT2D eigenvalue weighted by molar-refractivity contribution is 5.90. The van der Waals surface area contributed by atoms with E-state index in [1.165, 1.54) is 0 Å². The summed E-state index contributed by atoms with van der Waals surface area (Å²) in [6.45, 7) is 4.00. The number of esters is 1. The molecule has 15 heavy (non-hydrogen) atoms. The van der Waals surface area contributed by atoms with Gasteiger partial charge in [0, 0.05) is 0 Å². The van der Waals surface area contributed by atoms with Crippen LogP contribution in [0.4, 0.5) is 0 Å². The van der Waals surface area contributed by atoms with E-state index in [-0.39, 0.29) is 0 Å². The lowest BCUT2D eigenvalue weighted by molar-refractivity contribution is -0.159. The van der Waals surface area contributed by atoms with Crippen molar-refractivity contribution in [2.24, 2.45) is 0 Å². The fourth-order valence-electron chi connectivity index (χ4n) is 0.810. The standard InChI is InChI=1S/C6H6O7.C2H6/c7-1-2(8)6(12)13-4(1)3(9)5(10)11;1-2/h3-4,7-9H,(H,10,11);1-2H3. The van der Waals surface area contributed by atoms with Gasteiger partial charge < -0.3 is 25.2 Å². The highest BCUT2D eigenvalue weighted by atomic mass is 16.6. The third kappa shape index (κ3) is 2.59. The van der Waals surface area contributed by atoms with Crippen molar-refractivity contribution < 1.29 is 34.8 Å². The van der Waals surface area contributed by atoms with Crippen LogP contribution >= 0.6 is 0 Å². The third-order valence-corrected chi connectivity index (χ3v) is 1.48. The summed E-state index contributed by atoms with van der Waals surface area (Å²) in [6, 6.07) is 0. The van der Waals surface area contributed by atoms with Gasteiger partial charge in [0.05, 0.1) is 0 Å².